The number of ether oxygens (including phenoxy) is 1. The highest BCUT2D eigenvalue weighted by atomic mass is 16.5. The van der Waals surface area contributed by atoms with Crippen molar-refractivity contribution in [3.05, 3.63) is 71.8 Å². The third kappa shape index (κ3) is 22.0. The van der Waals surface area contributed by atoms with Crippen LogP contribution < -0.4 is 70.4 Å². The van der Waals surface area contributed by atoms with Gasteiger partial charge < -0.3 is 95.5 Å². The summed E-state index contributed by atoms with van der Waals surface area (Å²) in [5, 5.41) is 67.5. The average molecular weight is 1180 g/mol. The predicted molar refractivity (Wildman–Crippen MR) is 301 cm³/mol. The maximum absolute atomic E-state index is 15.0. The van der Waals surface area contributed by atoms with Gasteiger partial charge in [-0.1, -0.05) is 109 Å². The normalized spacial score (nSPS) is 24.7. The molecular weight excluding hydrogens is 1100 g/mol. The molecule has 30 nitrogen and oxygen atoms in total. The minimum absolute atomic E-state index is 0.0297. The Bertz CT molecular complexity index is 2610. The number of aliphatic hydroxyl groups is 4. The fourth-order valence-electron chi connectivity index (χ4n) is 8.42. The van der Waals surface area contributed by atoms with Crippen LogP contribution in [0.3, 0.4) is 0 Å². The Kier molecular flexibility index (Phi) is 28.4. The van der Waals surface area contributed by atoms with Crippen LogP contribution in [0.1, 0.15) is 91.3 Å². The Morgan fingerprint density at radius 2 is 1.18 bits per heavy atom. The topological polar surface area (TPSA) is 489 Å². The van der Waals surface area contributed by atoms with Crippen LogP contribution in [0.5, 0.6) is 0 Å². The number of aliphatic imine (C=N–C) groups is 1. The van der Waals surface area contributed by atoms with E-state index in [4.69, 9.17) is 21.9 Å². The first kappa shape index (κ1) is 69.8. The van der Waals surface area contributed by atoms with Crippen LogP contribution >= 0.6 is 0 Å². The van der Waals surface area contributed by atoms with E-state index in [-0.39, 0.29) is 56.3 Å². The molecule has 13 atom stereocenters. The molecule has 30 heteroatoms. The Labute approximate surface area is 485 Å². The van der Waals surface area contributed by atoms with Gasteiger partial charge in [-0.15, -0.1) is 0 Å². The molecule has 0 saturated carbocycles. The van der Waals surface area contributed by atoms with Gasteiger partial charge in [-0.25, -0.2) is 4.79 Å². The molecule has 0 aromatic heterocycles. The number of hydrogen-bond acceptors (Lipinski definition) is 17. The van der Waals surface area contributed by atoms with E-state index >= 15 is 4.79 Å². The number of aliphatic hydroxyl groups excluding tert-OH is 4. The molecule has 464 valence electrons. The number of nitrogens with two attached hydrogens (primary N) is 3. The van der Waals surface area contributed by atoms with Crippen molar-refractivity contribution in [1.29, 1.82) is 0 Å². The van der Waals surface area contributed by atoms with E-state index in [0.717, 1.165) is 6.92 Å². The lowest BCUT2D eigenvalue weighted by atomic mass is 9.94. The number of benzene rings is 2. The molecule has 3 rings (SSSR count). The molecule has 1 aliphatic heterocycles. The van der Waals surface area contributed by atoms with Crippen LogP contribution in [0.15, 0.2) is 65.7 Å². The zero-order chi connectivity index (χ0) is 63.0. The first-order chi connectivity index (χ1) is 39.6. The summed E-state index contributed by atoms with van der Waals surface area (Å²) >= 11 is 0. The van der Waals surface area contributed by atoms with Crippen LogP contribution in [0.2, 0.25) is 0 Å². The third-order valence-corrected chi connectivity index (χ3v) is 13.4. The highest BCUT2D eigenvalue weighted by Gasteiger charge is 2.42. The van der Waals surface area contributed by atoms with Crippen molar-refractivity contribution in [2.24, 2.45) is 39.9 Å². The first-order valence-electron chi connectivity index (χ1n) is 27.3. The molecule has 0 spiro atoms. The molecule has 0 aliphatic carbocycles. The number of rotatable bonds is 18. The number of hydrogen-bond donors (Lipinski definition) is 17. The summed E-state index contributed by atoms with van der Waals surface area (Å²) in [6.07, 6.45) is -7.17. The second-order valence-electron chi connectivity index (χ2n) is 21.0. The molecule has 11 amide bonds. The van der Waals surface area contributed by atoms with Crippen molar-refractivity contribution in [2.75, 3.05) is 19.7 Å². The molecule has 0 radical (unpaired) electrons. The van der Waals surface area contributed by atoms with Crippen LogP contribution in [0, 0.1) is 17.8 Å². The predicted octanol–water partition coefficient (Wildman–Crippen LogP) is -4.96. The summed E-state index contributed by atoms with van der Waals surface area (Å²) in [5.74, 6) is -14.3. The average Bonchev–Trinajstić information content (AvgIpc) is 3.52. The molecule has 20 N–H and O–H groups in total. The van der Waals surface area contributed by atoms with E-state index in [9.17, 15) is 68.4 Å². The van der Waals surface area contributed by atoms with Crippen molar-refractivity contribution in [3.8, 4) is 0 Å². The number of carbonyl (C=O) groups is 11. The number of primary amides is 1. The molecular formula is C54H82N14O16. The van der Waals surface area contributed by atoms with Gasteiger partial charge in [0.15, 0.2) is 12.1 Å². The minimum Gasteiger partial charge on any atom is -0.445 e. The lowest BCUT2D eigenvalue weighted by Crippen LogP contribution is -2.64. The van der Waals surface area contributed by atoms with Crippen molar-refractivity contribution in [1.82, 2.24) is 53.2 Å². The monoisotopic (exact) mass is 1180 g/mol. The van der Waals surface area contributed by atoms with Gasteiger partial charge in [-0.05, 0) is 55.1 Å². The van der Waals surface area contributed by atoms with Gasteiger partial charge in [-0.3, -0.25) is 52.9 Å². The van der Waals surface area contributed by atoms with Gasteiger partial charge >= 0.3 is 6.09 Å². The quantitative estimate of drug-likeness (QED) is 0.0378. The SMILES string of the molecule is CC[C@H](C)[C@@H]1NC(=O)[C@@H](CCCN=C(N)N)NC(=O)[C@H](CC(C)C)NC(=O)[C@H]([C@H](O)C(C)C)NC(=O)[C@@H](NC(=O)OCc2ccccc2)[C@@H](c2ccccc2)NC(=O)[C@H](CO)NC(=O)[C@H]([C@H](O)C(N)=O)NC(=O)CNC(=O)[C@H]([C@H](C)O)NC1=O. The molecule has 84 heavy (non-hydrogen) atoms. The largest absolute Gasteiger partial charge is 0.445 e. The van der Waals surface area contributed by atoms with Gasteiger partial charge in [0, 0.05) is 6.54 Å². The molecule has 0 bridgehead atoms. The summed E-state index contributed by atoms with van der Waals surface area (Å²) in [7, 11) is 0. The molecule has 0 unspecified atom stereocenters. The lowest BCUT2D eigenvalue weighted by Gasteiger charge is -2.33. The number of nitrogens with zero attached hydrogens (tertiary/aromatic N) is 1. The van der Waals surface area contributed by atoms with Gasteiger partial charge in [0.2, 0.25) is 59.1 Å². The van der Waals surface area contributed by atoms with Gasteiger partial charge in [-0.2, -0.15) is 0 Å². The Morgan fingerprint density at radius 3 is 1.74 bits per heavy atom. The molecule has 1 aliphatic rings. The van der Waals surface area contributed by atoms with Crippen LogP contribution in [0.4, 0.5) is 4.79 Å². The summed E-state index contributed by atoms with van der Waals surface area (Å²) in [5.41, 5.74) is 17.0. The summed E-state index contributed by atoms with van der Waals surface area (Å²) in [6.45, 7) is 8.15. The minimum atomic E-state index is -2.53. The van der Waals surface area contributed by atoms with Crippen molar-refractivity contribution >= 4 is 71.1 Å². The lowest BCUT2D eigenvalue weighted by molar-refractivity contribution is -0.140. The van der Waals surface area contributed by atoms with E-state index in [2.05, 4.69) is 52.8 Å². The fraction of sp³-hybridized carbons (Fsp3) is 0.556. The summed E-state index contributed by atoms with van der Waals surface area (Å²) < 4.78 is 5.46. The maximum atomic E-state index is 15.0. The zero-order valence-corrected chi connectivity index (χ0v) is 48.0. The van der Waals surface area contributed by atoms with Crippen LogP contribution in [0.25, 0.3) is 0 Å². The molecule has 1 saturated heterocycles. The third-order valence-electron chi connectivity index (χ3n) is 13.4. The number of guanidine groups is 1. The van der Waals surface area contributed by atoms with E-state index in [1.165, 1.54) is 38.1 Å². The standard InChI is InChI=1S/C54H82N14O16/c1-8-28(6)36-49(79)65-37(29(7)70)48(78)59-23-35(71)63-41(43(73)44(55)74)52(82)62-34(24-69)47(77)66-38(31-18-13-10-14-19-31)39(68-54(83)84-25-30-16-11-9-12-17-30)50(80)67-40(42(72)27(4)5)51(81)61-33(22-26(2)3)46(76)60-32(45(75)64-36)20-15-21-58-53(56)57/h9-14,16-19,26-29,32-34,36-43,69-70,72-73H,8,15,20-25H2,1-7H3,(H2,55,74)(H,59,78)(H,60,76)(H,61,81)(H,62,82)(H,63,71)(H,64,75)(H,65,79)(H,66,77)(H,67,80)(H,68,83)(H4,56,57,58)/t28-,29-,32+,33-,34-,36-,37-,38+,39-,40-,41-,42+,43-/m0/s1. The van der Waals surface area contributed by atoms with Crippen LogP contribution in [-0.2, 0) is 59.3 Å². The van der Waals surface area contributed by atoms with Gasteiger partial charge in [0.1, 0.15) is 54.9 Å². The fourth-order valence-corrected chi connectivity index (χ4v) is 8.42. The highest BCUT2D eigenvalue weighted by molar-refractivity contribution is 6.00. The van der Waals surface area contributed by atoms with Gasteiger partial charge in [0.25, 0.3) is 0 Å². The molecule has 1 fully saturated rings. The van der Waals surface area contributed by atoms with Crippen molar-refractivity contribution in [3.63, 3.8) is 0 Å². The first-order valence-corrected chi connectivity index (χ1v) is 27.3. The van der Waals surface area contributed by atoms with Crippen molar-refractivity contribution < 1.29 is 77.9 Å². The molecule has 2 aromatic carbocycles. The number of nitrogens with one attached hydrogen (secondary N) is 10. The Morgan fingerprint density at radius 1 is 0.643 bits per heavy atom. The van der Waals surface area contributed by atoms with Crippen LogP contribution in [-0.4, -0.2) is 178 Å². The maximum Gasteiger partial charge on any atom is 0.408 e. The molecule has 2 aromatic rings. The number of carbonyl (C=O) groups excluding carboxylic acids is 11. The Hall–Kier alpha value is -8.48. The summed E-state index contributed by atoms with van der Waals surface area (Å²) in [6, 6.07) is -0.768. The number of alkyl carbamates (subject to hydrolysis) is 1. The van der Waals surface area contributed by atoms with Crippen molar-refractivity contribution in [2.45, 2.75) is 153 Å². The number of amides is 11. The van der Waals surface area contributed by atoms with E-state index in [1.807, 2.05) is 5.32 Å². The van der Waals surface area contributed by atoms with Gasteiger partial charge in [0.05, 0.1) is 31.4 Å². The summed E-state index contributed by atoms with van der Waals surface area (Å²) in [4.78, 5) is 158. The van der Waals surface area contributed by atoms with E-state index in [0.29, 0.717) is 5.56 Å². The van der Waals surface area contributed by atoms with E-state index in [1.54, 1.807) is 64.1 Å². The smallest absolute Gasteiger partial charge is 0.408 e. The zero-order valence-electron chi connectivity index (χ0n) is 48.0. The second-order valence-corrected chi connectivity index (χ2v) is 21.0. The highest BCUT2D eigenvalue weighted by Crippen LogP contribution is 2.21. The molecule has 1 heterocycles. The Balaban J connectivity index is 2.33. The second kappa shape index (κ2) is 34.2. The van der Waals surface area contributed by atoms with E-state index < -0.39 is 163 Å².